The van der Waals surface area contributed by atoms with Crippen LogP contribution in [0.2, 0.25) is 10.3 Å². The number of hydrazone groups is 1. The molecule has 1 atom stereocenters. The van der Waals surface area contributed by atoms with E-state index in [1.807, 2.05) is 0 Å². The van der Waals surface area contributed by atoms with Gasteiger partial charge in [0.25, 0.3) is 5.69 Å². The molecule has 0 radical (unpaired) electrons. The van der Waals surface area contributed by atoms with Crippen LogP contribution < -0.4 is 5.01 Å². The third kappa shape index (κ3) is 7.77. The molecule has 0 aliphatic carbocycles. The average Bonchev–Trinajstić information content (AvgIpc) is 3.28. The first-order valence-corrected chi connectivity index (χ1v) is 12.0. The van der Waals surface area contributed by atoms with E-state index in [4.69, 9.17) is 23.2 Å². The molecular weight excluding hydrogens is 623 g/mol. The highest BCUT2D eigenvalue weighted by Crippen LogP contribution is 2.42. The van der Waals surface area contributed by atoms with Crippen LogP contribution in [0.3, 0.4) is 0 Å². The number of aliphatic hydroxyl groups is 1. The number of alkyl halides is 6. The molecule has 0 saturated heterocycles. The number of benzene rings is 1. The predicted molar refractivity (Wildman–Crippen MR) is 136 cm³/mol. The zero-order chi connectivity index (χ0) is 31.5. The van der Waals surface area contributed by atoms with Gasteiger partial charge in [-0.15, -0.1) is 0 Å². The molecule has 3 aromatic rings. The highest BCUT2D eigenvalue weighted by atomic mass is 35.5. The molecule has 10 nitrogen and oxygen atoms in total. The lowest BCUT2D eigenvalue weighted by Gasteiger charge is -2.32. The van der Waals surface area contributed by atoms with Crippen LogP contribution in [0.15, 0.2) is 66.0 Å². The molecule has 3 heterocycles. The van der Waals surface area contributed by atoms with Gasteiger partial charge in [0.15, 0.2) is 11.5 Å². The van der Waals surface area contributed by atoms with Crippen molar-refractivity contribution in [3.8, 4) is 0 Å². The summed E-state index contributed by atoms with van der Waals surface area (Å²) in [6.45, 7) is 0. The Balaban J connectivity index is 0.000000260. The van der Waals surface area contributed by atoms with Gasteiger partial charge in [-0.25, -0.2) is 15.0 Å². The molecule has 0 fully saturated rings. The first-order chi connectivity index (χ1) is 19.4. The molecule has 2 aromatic heterocycles. The Morgan fingerprint density at radius 1 is 0.952 bits per heavy atom. The van der Waals surface area contributed by atoms with Crippen LogP contribution in [-0.4, -0.2) is 49.6 Å². The van der Waals surface area contributed by atoms with Crippen LogP contribution in [0.1, 0.15) is 28.8 Å². The second-order valence-electron chi connectivity index (χ2n) is 8.38. The fourth-order valence-corrected chi connectivity index (χ4v) is 3.64. The smallest absolute Gasteiger partial charge is 0.365 e. The second kappa shape index (κ2) is 12.4. The molecule has 1 aromatic carbocycles. The third-order valence-electron chi connectivity index (χ3n) is 5.49. The van der Waals surface area contributed by atoms with Crippen LogP contribution in [0, 0.1) is 10.1 Å². The fraction of sp³-hybridized carbons (Fsp3) is 0.208. The largest absolute Gasteiger partial charge is 0.450 e. The van der Waals surface area contributed by atoms with E-state index < -0.39 is 53.1 Å². The Morgan fingerprint density at radius 2 is 1.52 bits per heavy atom. The van der Waals surface area contributed by atoms with E-state index in [9.17, 15) is 51.2 Å². The van der Waals surface area contributed by atoms with Gasteiger partial charge in [-0.1, -0.05) is 23.2 Å². The Hall–Kier alpha value is -4.15. The molecule has 42 heavy (non-hydrogen) atoms. The van der Waals surface area contributed by atoms with E-state index in [-0.39, 0.29) is 32.8 Å². The summed E-state index contributed by atoms with van der Waals surface area (Å²) in [5.41, 5.74) is -3.59. The third-order valence-corrected chi connectivity index (χ3v) is 5.94. The number of rotatable bonds is 6. The number of ketones is 2. The summed E-state index contributed by atoms with van der Waals surface area (Å²) in [5, 5.41) is 26.2. The number of hydrogen-bond acceptors (Lipinski definition) is 9. The average molecular weight is 638 g/mol. The van der Waals surface area contributed by atoms with Crippen molar-refractivity contribution >= 4 is 51.9 Å². The van der Waals surface area contributed by atoms with Gasteiger partial charge in [-0.2, -0.15) is 31.4 Å². The zero-order valence-electron chi connectivity index (χ0n) is 20.5. The number of nitro benzene ring substituents is 1. The van der Waals surface area contributed by atoms with Crippen LogP contribution in [0.4, 0.5) is 37.7 Å². The van der Waals surface area contributed by atoms with Crippen molar-refractivity contribution in [3.63, 3.8) is 0 Å². The molecule has 1 aliphatic heterocycles. The lowest BCUT2D eigenvalue weighted by Crippen LogP contribution is -2.40. The van der Waals surface area contributed by atoms with Gasteiger partial charge in [0, 0.05) is 35.7 Å². The number of nitro groups is 1. The second-order valence-corrected chi connectivity index (χ2v) is 9.16. The molecule has 0 spiro atoms. The van der Waals surface area contributed by atoms with Gasteiger partial charge in [0.2, 0.25) is 5.78 Å². The normalized spacial score (nSPS) is 16.8. The highest BCUT2D eigenvalue weighted by molar-refractivity contribution is 6.29. The quantitative estimate of drug-likeness (QED) is 0.0860. The maximum absolute atomic E-state index is 13.1. The number of pyridine rings is 2. The van der Waals surface area contributed by atoms with Crippen molar-refractivity contribution in [2.24, 2.45) is 5.10 Å². The molecule has 1 N–H and O–H groups in total. The SMILES string of the molecule is O=C(CC(=O)C(F)(F)F)c1ccc(Cl)nc1.O=[N+]([O-])c1ccc(N2N=C(C(F)(F)F)CC2(O)c2ccc(Cl)nc2)cc1. The molecule has 1 unspecified atom stereocenters. The fourth-order valence-electron chi connectivity index (χ4n) is 3.42. The summed E-state index contributed by atoms with van der Waals surface area (Å²) in [7, 11) is 0. The lowest BCUT2D eigenvalue weighted by atomic mass is 9.98. The monoisotopic (exact) mass is 637 g/mol. The number of non-ortho nitro benzene ring substituents is 1. The molecule has 4 rings (SSSR count). The first kappa shape index (κ1) is 32.4. The minimum atomic E-state index is -4.99. The van der Waals surface area contributed by atoms with Crippen LogP contribution >= 0.6 is 23.2 Å². The van der Waals surface area contributed by atoms with E-state index in [0.717, 1.165) is 29.5 Å². The minimum absolute atomic E-state index is 0.0447. The number of carbonyl (C=O) groups is 2. The summed E-state index contributed by atoms with van der Waals surface area (Å²) >= 11 is 11.1. The van der Waals surface area contributed by atoms with Crippen molar-refractivity contribution < 1.29 is 46.0 Å². The predicted octanol–water partition coefficient (Wildman–Crippen LogP) is 6.06. The zero-order valence-corrected chi connectivity index (χ0v) is 22.0. The molecule has 222 valence electrons. The van der Waals surface area contributed by atoms with Crippen molar-refractivity contribution in [1.29, 1.82) is 0 Å². The number of nitrogens with zero attached hydrogens (tertiary/aromatic N) is 5. The van der Waals surface area contributed by atoms with E-state index in [2.05, 4.69) is 15.1 Å². The molecule has 0 saturated carbocycles. The van der Waals surface area contributed by atoms with Crippen LogP contribution in [0.5, 0.6) is 0 Å². The summed E-state index contributed by atoms with van der Waals surface area (Å²) in [6.07, 6.45) is -9.62. The Labute approximate surface area is 241 Å². The molecular formula is C24H15Cl2F6N5O5. The lowest BCUT2D eigenvalue weighted by molar-refractivity contribution is -0.384. The summed E-state index contributed by atoms with van der Waals surface area (Å²) in [5.74, 6) is -3.01. The van der Waals surface area contributed by atoms with Gasteiger partial charge >= 0.3 is 12.4 Å². The molecule has 1 aliphatic rings. The van der Waals surface area contributed by atoms with Gasteiger partial charge in [0.05, 0.1) is 23.5 Å². The maximum atomic E-state index is 13.1. The standard InChI is InChI=1S/C15H10ClF3N4O3.C9H5ClF3NO2/c16-13-6-1-9(8-20-13)14(24)7-12(15(17,18)19)21-22(14)10-2-4-11(5-3-10)23(25)26;10-8-2-1-5(4-14-8)6(15)3-7(16)9(11,12)13/h1-6,8,24H,7H2;1-2,4H,3H2. The number of aromatic nitrogens is 2. The van der Waals surface area contributed by atoms with Crippen molar-refractivity contribution in [3.05, 3.63) is 92.5 Å². The van der Waals surface area contributed by atoms with E-state index in [0.29, 0.717) is 0 Å². The van der Waals surface area contributed by atoms with Crippen molar-refractivity contribution in [2.75, 3.05) is 5.01 Å². The maximum Gasteiger partial charge on any atom is 0.450 e. The van der Waals surface area contributed by atoms with Gasteiger partial charge in [-0.05, 0) is 36.4 Å². The summed E-state index contributed by atoms with van der Waals surface area (Å²) in [6, 6.07) is 9.75. The van der Waals surface area contributed by atoms with Crippen molar-refractivity contribution in [2.45, 2.75) is 30.9 Å². The molecule has 18 heteroatoms. The van der Waals surface area contributed by atoms with E-state index >= 15 is 0 Å². The van der Waals surface area contributed by atoms with E-state index in [1.165, 1.54) is 36.4 Å². The number of halogens is 8. The highest BCUT2D eigenvalue weighted by Gasteiger charge is 2.51. The van der Waals surface area contributed by atoms with Crippen LogP contribution in [-0.2, 0) is 10.5 Å². The minimum Gasteiger partial charge on any atom is -0.365 e. The molecule has 0 amide bonds. The Kier molecular flexibility index (Phi) is 9.54. The number of hydrogen-bond donors (Lipinski definition) is 1. The van der Waals surface area contributed by atoms with Gasteiger partial charge < -0.3 is 5.11 Å². The number of carbonyl (C=O) groups excluding carboxylic acids is 2. The van der Waals surface area contributed by atoms with Gasteiger partial charge in [0.1, 0.15) is 16.0 Å². The molecule has 0 bridgehead atoms. The Morgan fingerprint density at radius 3 is 1.98 bits per heavy atom. The number of anilines is 1. The summed E-state index contributed by atoms with van der Waals surface area (Å²) < 4.78 is 75.0. The van der Waals surface area contributed by atoms with Crippen LogP contribution in [0.25, 0.3) is 0 Å². The van der Waals surface area contributed by atoms with E-state index in [1.54, 1.807) is 0 Å². The topological polar surface area (TPSA) is 139 Å². The number of Topliss-reactive ketones (excluding diaryl/α,β-unsaturated/α-hetero) is 2. The van der Waals surface area contributed by atoms with Gasteiger partial charge in [-0.3, -0.25) is 19.7 Å². The Bertz CT molecular complexity index is 1500. The van der Waals surface area contributed by atoms with Crippen molar-refractivity contribution in [1.82, 2.24) is 9.97 Å². The first-order valence-electron chi connectivity index (χ1n) is 11.2. The summed E-state index contributed by atoms with van der Waals surface area (Å²) in [4.78, 5) is 39.1.